The second kappa shape index (κ2) is 8.92. The van der Waals surface area contributed by atoms with Crippen LogP contribution in [0.3, 0.4) is 0 Å². The van der Waals surface area contributed by atoms with E-state index in [1.54, 1.807) is 31.2 Å². The van der Waals surface area contributed by atoms with E-state index in [1.807, 2.05) is 6.07 Å². The summed E-state index contributed by atoms with van der Waals surface area (Å²) in [4.78, 5) is 22.9. The number of amides is 1. The summed E-state index contributed by atoms with van der Waals surface area (Å²) in [7, 11) is 1.54. The minimum atomic E-state index is -0.774. The number of methoxy groups -OCH3 is 1. The number of rotatable bonds is 8. The first-order valence-electron chi connectivity index (χ1n) is 6.27. The van der Waals surface area contributed by atoms with Gasteiger partial charge in [0, 0.05) is 13.7 Å². The fourth-order valence-corrected chi connectivity index (χ4v) is 1.35. The molecule has 1 atom stereocenters. The lowest BCUT2D eigenvalue weighted by molar-refractivity contribution is -0.154. The lowest BCUT2D eigenvalue weighted by Gasteiger charge is -2.13. The van der Waals surface area contributed by atoms with Gasteiger partial charge >= 0.3 is 5.97 Å². The van der Waals surface area contributed by atoms with Gasteiger partial charge in [0.1, 0.15) is 5.75 Å². The number of esters is 1. The molecule has 1 N–H and O–H groups in total. The van der Waals surface area contributed by atoms with Gasteiger partial charge in [0.25, 0.3) is 5.91 Å². The zero-order chi connectivity index (χ0) is 14.8. The van der Waals surface area contributed by atoms with Crippen LogP contribution in [0.5, 0.6) is 5.75 Å². The van der Waals surface area contributed by atoms with Crippen molar-refractivity contribution in [2.24, 2.45) is 0 Å². The number of benzene rings is 1. The van der Waals surface area contributed by atoms with Crippen LogP contribution in [0.25, 0.3) is 0 Å². The molecule has 0 aliphatic rings. The second-order valence-electron chi connectivity index (χ2n) is 4.02. The number of para-hydroxylation sites is 1. The first kappa shape index (κ1) is 16.0. The fourth-order valence-electron chi connectivity index (χ4n) is 1.35. The predicted octanol–water partition coefficient (Wildman–Crippen LogP) is 0.760. The number of ether oxygens (including phenoxy) is 3. The minimum absolute atomic E-state index is 0.328. The third kappa shape index (κ3) is 6.19. The molecule has 0 unspecified atom stereocenters. The molecular formula is C14H19NO5. The molecule has 20 heavy (non-hydrogen) atoms. The van der Waals surface area contributed by atoms with E-state index in [0.29, 0.717) is 18.9 Å². The molecule has 6 nitrogen and oxygen atoms in total. The molecule has 0 aliphatic heterocycles. The maximum atomic E-state index is 11.6. The number of hydrogen-bond acceptors (Lipinski definition) is 5. The van der Waals surface area contributed by atoms with Crippen molar-refractivity contribution in [3.8, 4) is 5.75 Å². The molecule has 1 rings (SSSR count). The van der Waals surface area contributed by atoms with Crippen molar-refractivity contribution in [1.82, 2.24) is 5.32 Å². The number of carbonyl (C=O) groups is 2. The van der Waals surface area contributed by atoms with Gasteiger partial charge in [-0.25, -0.2) is 4.79 Å². The van der Waals surface area contributed by atoms with Crippen LogP contribution < -0.4 is 10.1 Å². The van der Waals surface area contributed by atoms with Crippen LogP contribution in [0.1, 0.15) is 6.92 Å². The SMILES string of the molecule is COCCNC(=O)COC(=O)[C@@H](C)Oc1ccccc1. The molecule has 1 aromatic carbocycles. The normalized spacial score (nSPS) is 11.5. The summed E-state index contributed by atoms with van der Waals surface area (Å²) in [5.41, 5.74) is 0. The van der Waals surface area contributed by atoms with Crippen LogP contribution in [0.15, 0.2) is 30.3 Å². The Labute approximate surface area is 118 Å². The summed E-state index contributed by atoms with van der Waals surface area (Å²) in [6, 6.07) is 8.93. The summed E-state index contributed by atoms with van der Waals surface area (Å²) in [6.07, 6.45) is -0.774. The van der Waals surface area contributed by atoms with E-state index in [0.717, 1.165) is 0 Å². The molecule has 1 aromatic rings. The maximum Gasteiger partial charge on any atom is 0.347 e. The Morgan fingerprint density at radius 2 is 1.95 bits per heavy atom. The van der Waals surface area contributed by atoms with Crippen LogP contribution in [0.4, 0.5) is 0 Å². The Bertz CT molecular complexity index is 421. The van der Waals surface area contributed by atoms with Gasteiger partial charge in [-0.05, 0) is 19.1 Å². The topological polar surface area (TPSA) is 73.9 Å². The van der Waals surface area contributed by atoms with Crippen LogP contribution in [0.2, 0.25) is 0 Å². The molecule has 0 fully saturated rings. The molecule has 0 saturated carbocycles. The number of carbonyl (C=O) groups excluding carboxylic acids is 2. The molecule has 1 amide bonds. The van der Waals surface area contributed by atoms with Gasteiger partial charge in [0.15, 0.2) is 12.7 Å². The van der Waals surface area contributed by atoms with Crippen LogP contribution in [0, 0.1) is 0 Å². The predicted molar refractivity (Wildman–Crippen MR) is 72.4 cm³/mol. The summed E-state index contributed by atoms with van der Waals surface area (Å²) in [6.45, 7) is 2.03. The van der Waals surface area contributed by atoms with Crippen molar-refractivity contribution in [1.29, 1.82) is 0 Å². The van der Waals surface area contributed by atoms with Gasteiger partial charge < -0.3 is 19.5 Å². The average molecular weight is 281 g/mol. The molecule has 6 heteroatoms. The number of hydrogen-bond donors (Lipinski definition) is 1. The van der Waals surface area contributed by atoms with Gasteiger partial charge in [-0.15, -0.1) is 0 Å². The molecular weight excluding hydrogens is 262 g/mol. The van der Waals surface area contributed by atoms with Crippen molar-refractivity contribution in [2.45, 2.75) is 13.0 Å². The largest absolute Gasteiger partial charge is 0.479 e. The van der Waals surface area contributed by atoms with E-state index < -0.39 is 12.1 Å². The second-order valence-corrected chi connectivity index (χ2v) is 4.02. The summed E-state index contributed by atoms with van der Waals surface area (Å²) < 4.78 is 15.0. The highest BCUT2D eigenvalue weighted by Crippen LogP contribution is 2.11. The Balaban J connectivity index is 2.26. The van der Waals surface area contributed by atoms with Crippen molar-refractivity contribution in [2.75, 3.05) is 26.9 Å². The van der Waals surface area contributed by atoms with E-state index in [2.05, 4.69) is 5.32 Å². The van der Waals surface area contributed by atoms with Gasteiger partial charge in [-0.2, -0.15) is 0 Å². The molecule has 110 valence electrons. The molecule has 0 bridgehead atoms. The summed E-state index contributed by atoms with van der Waals surface area (Å²) in [5.74, 6) is -0.389. The molecule has 0 aliphatic carbocycles. The molecule has 0 heterocycles. The van der Waals surface area contributed by atoms with Gasteiger partial charge in [0.2, 0.25) is 0 Å². The first-order chi connectivity index (χ1) is 9.63. The van der Waals surface area contributed by atoms with E-state index in [1.165, 1.54) is 7.11 Å². The van der Waals surface area contributed by atoms with Crippen molar-refractivity contribution in [3.05, 3.63) is 30.3 Å². The fraction of sp³-hybridized carbons (Fsp3) is 0.429. The van der Waals surface area contributed by atoms with E-state index in [-0.39, 0.29) is 12.5 Å². The highest BCUT2D eigenvalue weighted by atomic mass is 16.6. The Morgan fingerprint density at radius 1 is 1.25 bits per heavy atom. The van der Waals surface area contributed by atoms with Crippen molar-refractivity contribution in [3.63, 3.8) is 0 Å². The van der Waals surface area contributed by atoms with Crippen LogP contribution in [-0.2, 0) is 19.1 Å². The first-order valence-corrected chi connectivity index (χ1v) is 6.27. The lowest BCUT2D eigenvalue weighted by atomic mass is 10.3. The van der Waals surface area contributed by atoms with Crippen molar-refractivity contribution < 1.29 is 23.8 Å². The standard InChI is InChI=1S/C14H19NO5/c1-11(20-12-6-4-3-5-7-12)14(17)19-10-13(16)15-8-9-18-2/h3-7,11H,8-10H2,1-2H3,(H,15,16)/t11-/m1/s1. The zero-order valence-corrected chi connectivity index (χ0v) is 11.6. The molecule has 0 radical (unpaired) electrons. The quantitative estimate of drug-likeness (QED) is 0.562. The van der Waals surface area contributed by atoms with Crippen LogP contribution in [-0.4, -0.2) is 44.8 Å². The zero-order valence-electron chi connectivity index (χ0n) is 11.6. The van der Waals surface area contributed by atoms with E-state index in [4.69, 9.17) is 14.2 Å². The third-order valence-electron chi connectivity index (χ3n) is 2.36. The molecule has 0 spiro atoms. The van der Waals surface area contributed by atoms with Crippen LogP contribution >= 0.6 is 0 Å². The average Bonchev–Trinajstić information content (AvgIpc) is 2.46. The van der Waals surface area contributed by atoms with Gasteiger partial charge in [-0.3, -0.25) is 4.79 Å². The smallest absolute Gasteiger partial charge is 0.347 e. The van der Waals surface area contributed by atoms with Gasteiger partial charge in [-0.1, -0.05) is 18.2 Å². The Kier molecular flexibility index (Phi) is 7.13. The molecule has 0 aromatic heterocycles. The van der Waals surface area contributed by atoms with E-state index >= 15 is 0 Å². The highest BCUT2D eigenvalue weighted by molar-refractivity contribution is 5.81. The van der Waals surface area contributed by atoms with E-state index in [9.17, 15) is 9.59 Å². The Morgan fingerprint density at radius 3 is 2.60 bits per heavy atom. The third-order valence-corrected chi connectivity index (χ3v) is 2.36. The summed E-state index contributed by atoms with van der Waals surface area (Å²) >= 11 is 0. The van der Waals surface area contributed by atoms with Gasteiger partial charge in [0.05, 0.1) is 6.61 Å². The molecule has 0 saturated heterocycles. The summed E-state index contributed by atoms with van der Waals surface area (Å²) in [5, 5.41) is 2.55. The lowest BCUT2D eigenvalue weighted by Crippen LogP contribution is -2.34. The highest BCUT2D eigenvalue weighted by Gasteiger charge is 2.17. The maximum absolute atomic E-state index is 11.6. The monoisotopic (exact) mass is 281 g/mol. The van der Waals surface area contributed by atoms with Crippen molar-refractivity contribution >= 4 is 11.9 Å². The Hall–Kier alpha value is -2.08. The number of nitrogens with one attached hydrogen (secondary N) is 1. The minimum Gasteiger partial charge on any atom is -0.479 e.